The van der Waals surface area contributed by atoms with E-state index in [-0.39, 0.29) is 0 Å². The number of rotatable bonds is 6. The van der Waals surface area contributed by atoms with Gasteiger partial charge in [0.05, 0.1) is 11.4 Å². The van der Waals surface area contributed by atoms with E-state index >= 15 is 0 Å². The van der Waals surface area contributed by atoms with Gasteiger partial charge in [-0.25, -0.2) is 4.98 Å². The molecule has 1 aromatic heterocycles. The standard InChI is InChI=1S/C45H30N2O/c1-2-13-32(14-3-1)37-21-8-9-25-42(37)47(43-26-11-18-33-16-5-7-20-38(33)43)35-29-27-34(28-30-35)39-22-12-24-41-44(39)48-45(46-41)40-23-10-17-31-15-4-6-19-36(31)40/h1-30H. The van der Waals surface area contributed by atoms with E-state index in [1.54, 1.807) is 0 Å². The molecule has 9 aromatic rings. The lowest BCUT2D eigenvalue weighted by Gasteiger charge is -2.29. The second kappa shape index (κ2) is 11.7. The van der Waals surface area contributed by atoms with Gasteiger partial charge in [0.25, 0.3) is 0 Å². The topological polar surface area (TPSA) is 29.3 Å². The zero-order chi connectivity index (χ0) is 31.9. The number of oxazole rings is 1. The molecule has 0 aliphatic rings. The molecule has 48 heavy (non-hydrogen) atoms. The number of benzene rings is 8. The second-order valence-electron chi connectivity index (χ2n) is 12.0. The molecular weight excluding hydrogens is 585 g/mol. The van der Waals surface area contributed by atoms with Crippen LogP contribution >= 0.6 is 0 Å². The highest BCUT2D eigenvalue weighted by molar-refractivity contribution is 6.02. The van der Waals surface area contributed by atoms with E-state index in [0.717, 1.165) is 55.6 Å². The van der Waals surface area contributed by atoms with Crippen molar-refractivity contribution in [1.29, 1.82) is 0 Å². The largest absolute Gasteiger partial charge is 0.435 e. The zero-order valence-corrected chi connectivity index (χ0v) is 26.1. The molecule has 9 rings (SSSR count). The minimum Gasteiger partial charge on any atom is -0.435 e. The molecule has 0 fully saturated rings. The Morgan fingerprint density at radius 1 is 0.396 bits per heavy atom. The van der Waals surface area contributed by atoms with Gasteiger partial charge in [0.15, 0.2) is 5.58 Å². The Balaban J connectivity index is 1.18. The highest BCUT2D eigenvalue weighted by Gasteiger charge is 2.20. The second-order valence-corrected chi connectivity index (χ2v) is 12.0. The molecule has 0 bridgehead atoms. The van der Waals surface area contributed by atoms with Crippen LogP contribution in [0.25, 0.3) is 66.4 Å². The summed E-state index contributed by atoms with van der Waals surface area (Å²) >= 11 is 0. The summed E-state index contributed by atoms with van der Waals surface area (Å²) in [7, 11) is 0. The van der Waals surface area contributed by atoms with Crippen molar-refractivity contribution >= 4 is 49.7 Å². The molecule has 3 nitrogen and oxygen atoms in total. The lowest BCUT2D eigenvalue weighted by atomic mass is 9.99. The number of fused-ring (bicyclic) bond motifs is 3. The Morgan fingerprint density at radius 2 is 0.958 bits per heavy atom. The number of aromatic nitrogens is 1. The number of para-hydroxylation sites is 2. The van der Waals surface area contributed by atoms with Gasteiger partial charge in [0.1, 0.15) is 5.52 Å². The molecule has 0 unspecified atom stereocenters. The van der Waals surface area contributed by atoms with Gasteiger partial charge in [0.2, 0.25) is 5.89 Å². The maximum Gasteiger partial charge on any atom is 0.227 e. The monoisotopic (exact) mass is 614 g/mol. The molecule has 1 heterocycles. The van der Waals surface area contributed by atoms with Crippen LogP contribution < -0.4 is 4.90 Å². The summed E-state index contributed by atoms with van der Waals surface area (Å²) < 4.78 is 6.56. The number of nitrogens with zero attached hydrogens (tertiary/aromatic N) is 2. The van der Waals surface area contributed by atoms with Crippen LogP contribution in [0.5, 0.6) is 0 Å². The average Bonchev–Trinajstić information content (AvgIpc) is 3.60. The molecule has 0 aliphatic carbocycles. The van der Waals surface area contributed by atoms with E-state index in [1.807, 2.05) is 6.07 Å². The molecule has 8 aromatic carbocycles. The Kier molecular flexibility index (Phi) is 6.80. The molecule has 0 radical (unpaired) electrons. The van der Waals surface area contributed by atoms with Gasteiger partial charge in [0, 0.05) is 27.8 Å². The van der Waals surface area contributed by atoms with E-state index in [4.69, 9.17) is 9.40 Å². The van der Waals surface area contributed by atoms with Crippen LogP contribution in [0, 0.1) is 0 Å². The first-order chi connectivity index (χ1) is 23.8. The van der Waals surface area contributed by atoms with Gasteiger partial charge < -0.3 is 9.32 Å². The Labute approximate surface area is 279 Å². The molecule has 0 saturated heterocycles. The summed E-state index contributed by atoms with van der Waals surface area (Å²) in [5.41, 5.74) is 10.4. The molecule has 0 N–H and O–H groups in total. The zero-order valence-electron chi connectivity index (χ0n) is 26.1. The highest BCUT2D eigenvalue weighted by Crippen LogP contribution is 2.44. The van der Waals surface area contributed by atoms with E-state index in [2.05, 4.69) is 181 Å². The molecule has 0 atom stereocenters. The van der Waals surface area contributed by atoms with Crippen LogP contribution in [0.3, 0.4) is 0 Å². The Hall–Kier alpha value is -6.45. The van der Waals surface area contributed by atoms with Gasteiger partial charge in [-0.2, -0.15) is 0 Å². The van der Waals surface area contributed by atoms with Crippen molar-refractivity contribution < 1.29 is 4.42 Å². The lowest BCUT2D eigenvalue weighted by Crippen LogP contribution is -2.11. The highest BCUT2D eigenvalue weighted by atomic mass is 16.3. The maximum absolute atomic E-state index is 6.56. The van der Waals surface area contributed by atoms with Crippen LogP contribution in [0.2, 0.25) is 0 Å². The molecule has 0 amide bonds. The first-order valence-electron chi connectivity index (χ1n) is 16.2. The average molecular weight is 615 g/mol. The SMILES string of the molecule is c1ccc(-c2ccccc2N(c2ccc(-c3cccc4nc(-c5cccc6ccccc56)oc34)cc2)c2cccc3ccccc23)cc1. The summed E-state index contributed by atoms with van der Waals surface area (Å²) in [5.74, 6) is 0.630. The van der Waals surface area contributed by atoms with Crippen LogP contribution in [-0.2, 0) is 0 Å². The fourth-order valence-corrected chi connectivity index (χ4v) is 6.84. The molecule has 0 saturated carbocycles. The fraction of sp³-hybridized carbons (Fsp3) is 0. The van der Waals surface area contributed by atoms with Crippen molar-refractivity contribution in [2.75, 3.05) is 4.90 Å². The van der Waals surface area contributed by atoms with Crippen LogP contribution in [0.1, 0.15) is 0 Å². The third kappa shape index (κ3) is 4.81. The van der Waals surface area contributed by atoms with Crippen molar-refractivity contribution in [1.82, 2.24) is 4.98 Å². The summed E-state index contributed by atoms with van der Waals surface area (Å²) in [6.45, 7) is 0. The first kappa shape index (κ1) is 27.8. The van der Waals surface area contributed by atoms with Crippen LogP contribution in [-0.4, -0.2) is 4.98 Å². The Bertz CT molecular complexity index is 2560. The van der Waals surface area contributed by atoms with Gasteiger partial charge in [-0.05, 0) is 63.7 Å². The molecule has 3 heteroatoms. The number of hydrogen-bond donors (Lipinski definition) is 0. The van der Waals surface area contributed by atoms with E-state index in [1.165, 1.54) is 21.9 Å². The lowest BCUT2D eigenvalue weighted by molar-refractivity contribution is 0.621. The van der Waals surface area contributed by atoms with Crippen molar-refractivity contribution in [2.24, 2.45) is 0 Å². The van der Waals surface area contributed by atoms with Gasteiger partial charge in [-0.1, -0.05) is 146 Å². The summed E-state index contributed by atoms with van der Waals surface area (Å²) in [4.78, 5) is 7.31. The van der Waals surface area contributed by atoms with Crippen molar-refractivity contribution in [3.63, 3.8) is 0 Å². The number of hydrogen-bond acceptors (Lipinski definition) is 3. The molecule has 226 valence electrons. The summed E-state index contributed by atoms with van der Waals surface area (Å²) in [6.07, 6.45) is 0. The van der Waals surface area contributed by atoms with Crippen LogP contribution in [0.15, 0.2) is 186 Å². The van der Waals surface area contributed by atoms with E-state index in [0.29, 0.717) is 5.89 Å². The fourth-order valence-electron chi connectivity index (χ4n) is 6.84. The number of anilines is 3. The first-order valence-corrected chi connectivity index (χ1v) is 16.2. The Morgan fingerprint density at radius 3 is 1.79 bits per heavy atom. The van der Waals surface area contributed by atoms with Crippen molar-refractivity contribution in [3.05, 3.63) is 182 Å². The minimum absolute atomic E-state index is 0.630. The van der Waals surface area contributed by atoms with E-state index < -0.39 is 0 Å². The van der Waals surface area contributed by atoms with Crippen molar-refractivity contribution in [2.45, 2.75) is 0 Å². The third-order valence-electron chi connectivity index (χ3n) is 9.11. The third-order valence-corrected chi connectivity index (χ3v) is 9.11. The molecule has 0 aliphatic heterocycles. The van der Waals surface area contributed by atoms with Crippen LogP contribution in [0.4, 0.5) is 17.1 Å². The predicted molar refractivity (Wildman–Crippen MR) is 200 cm³/mol. The smallest absolute Gasteiger partial charge is 0.227 e. The van der Waals surface area contributed by atoms with E-state index in [9.17, 15) is 0 Å². The summed E-state index contributed by atoms with van der Waals surface area (Å²) in [6, 6.07) is 64.0. The maximum atomic E-state index is 6.56. The van der Waals surface area contributed by atoms with Crippen molar-refractivity contribution in [3.8, 4) is 33.7 Å². The minimum atomic E-state index is 0.630. The normalized spacial score (nSPS) is 11.3. The molecule has 0 spiro atoms. The van der Waals surface area contributed by atoms with Gasteiger partial charge in [-0.3, -0.25) is 0 Å². The van der Waals surface area contributed by atoms with Gasteiger partial charge in [-0.15, -0.1) is 0 Å². The summed E-state index contributed by atoms with van der Waals surface area (Å²) in [5, 5.41) is 4.69. The predicted octanol–water partition coefficient (Wildman–Crippen LogP) is 12.6. The molecular formula is C45H30N2O. The quantitative estimate of drug-likeness (QED) is 0.187. The van der Waals surface area contributed by atoms with Gasteiger partial charge >= 0.3 is 0 Å².